The van der Waals surface area contributed by atoms with Gasteiger partial charge in [0.05, 0.1) is 19.5 Å². The number of ether oxygens (including phenoxy) is 2. The number of amides is 1. The molecule has 22 heavy (non-hydrogen) atoms. The summed E-state index contributed by atoms with van der Waals surface area (Å²) in [6, 6.07) is -1.27. The van der Waals surface area contributed by atoms with E-state index in [4.69, 9.17) is 9.47 Å². The van der Waals surface area contributed by atoms with Crippen molar-refractivity contribution in [3.05, 3.63) is 0 Å². The van der Waals surface area contributed by atoms with Gasteiger partial charge in [0.25, 0.3) is 10.1 Å². The molecule has 0 aromatic rings. The van der Waals surface area contributed by atoms with Gasteiger partial charge in [-0.3, -0.25) is 4.18 Å². The Hall–Kier alpha value is -1.35. The van der Waals surface area contributed by atoms with E-state index in [-0.39, 0.29) is 12.5 Å². The van der Waals surface area contributed by atoms with Crippen molar-refractivity contribution in [2.45, 2.75) is 46.3 Å². The average molecular weight is 339 g/mol. The highest BCUT2D eigenvalue weighted by Gasteiger charge is 2.27. The Morgan fingerprint density at radius 3 is 2.09 bits per heavy atom. The largest absolute Gasteiger partial charge is 0.464 e. The molecule has 0 bridgehead atoms. The molecule has 130 valence electrons. The van der Waals surface area contributed by atoms with E-state index < -0.39 is 40.4 Å². The first-order valence-electron chi connectivity index (χ1n) is 6.80. The van der Waals surface area contributed by atoms with Crippen LogP contribution in [0.5, 0.6) is 0 Å². The van der Waals surface area contributed by atoms with E-state index in [0.29, 0.717) is 0 Å². The summed E-state index contributed by atoms with van der Waals surface area (Å²) in [5.41, 5.74) is -0.756. The van der Waals surface area contributed by atoms with Crippen LogP contribution in [0.2, 0.25) is 0 Å². The Morgan fingerprint density at radius 2 is 1.68 bits per heavy atom. The van der Waals surface area contributed by atoms with Crippen molar-refractivity contribution in [1.29, 1.82) is 0 Å². The predicted octanol–water partition coefficient (Wildman–Crippen LogP) is 1.06. The zero-order valence-electron chi connectivity index (χ0n) is 13.8. The van der Waals surface area contributed by atoms with Crippen LogP contribution in [0, 0.1) is 5.92 Å². The van der Waals surface area contributed by atoms with Crippen molar-refractivity contribution in [2.75, 3.05) is 19.5 Å². The Kier molecular flexibility index (Phi) is 7.82. The minimum absolute atomic E-state index is 0.0990. The van der Waals surface area contributed by atoms with Crippen LogP contribution in [0.15, 0.2) is 0 Å². The molecule has 0 spiro atoms. The van der Waals surface area contributed by atoms with E-state index in [1.165, 1.54) is 0 Å². The monoisotopic (exact) mass is 339 g/mol. The molecule has 0 saturated heterocycles. The molecule has 0 saturated carbocycles. The third-order valence-corrected chi connectivity index (χ3v) is 2.55. The molecule has 8 nitrogen and oxygen atoms in total. The van der Waals surface area contributed by atoms with Crippen molar-refractivity contribution >= 4 is 22.2 Å². The summed E-state index contributed by atoms with van der Waals surface area (Å²) in [4.78, 5) is 23.6. The van der Waals surface area contributed by atoms with Gasteiger partial charge < -0.3 is 14.8 Å². The number of carbonyl (C=O) groups is 2. The first kappa shape index (κ1) is 20.6. The number of esters is 1. The van der Waals surface area contributed by atoms with Crippen molar-refractivity contribution < 1.29 is 31.7 Å². The van der Waals surface area contributed by atoms with Crippen LogP contribution in [0.25, 0.3) is 0 Å². The minimum atomic E-state index is -3.75. The summed E-state index contributed by atoms with van der Waals surface area (Å²) < 4.78 is 36.6. The second-order valence-electron chi connectivity index (χ2n) is 6.21. The van der Waals surface area contributed by atoms with Crippen LogP contribution in [0.3, 0.4) is 0 Å². The van der Waals surface area contributed by atoms with E-state index in [9.17, 15) is 18.0 Å². The quantitative estimate of drug-likeness (QED) is 0.545. The van der Waals surface area contributed by atoms with Gasteiger partial charge in [0.1, 0.15) is 5.60 Å². The number of alkyl carbamates (subject to hydrolysis) is 1. The molecule has 0 aliphatic carbocycles. The zero-order chi connectivity index (χ0) is 17.6. The SMILES string of the molecule is CC(C)COC(=O)[C@H](COS(C)(=O)=O)NC(=O)OC(C)(C)C. The van der Waals surface area contributed by atoms with Gasteiger partial charge in [-0.05, 0) is 26.7 Å². The van der Waals surface area contributed by atoms with Gasteiger partial charge in [0.15, 0.2) is 6.04 Å². The lowest BCUT2D eigenvalue weighted by Crippen LogP contribution is -2.47. The Bertz CT molecular complexity index is 479. The van der Waals surface area contributed by atoms with Crippen LogP contribution in [0.1, 0.15) is 34.6 Å². The van der Waals surface area contributed by atoms with Crippen LogP contribution >= 0.6 is 0 Å². The molecule has 0 aliphatic heterocycles. The van der Waals surface area contributed by atoms with Crippen LogP contribution < -0.4 is 5.32 Å². The number of rotatable bonds is 7. The first-order valence-corrected chi connectivity index (χ1v) is 8.62. The highest BCUT2D eigenvalue weighted by atomic mass is 32.2. The summed E-state index contributed by atoms with van der Waals surface area (Å²) in [6.45, 7) is 8.25. The second kappa shape index (κ2) is 8.33. The lowest BCUT2D eigenvalue weighted by molar-refractivity contribution is -0.148. The number of nitrogens with one attached hydrogen (secondary N) is 1. The molecule has 0 aromatic heterocycles. The van der Waals surface area contributed by atoms with Gasteiger partial charge in [-0.25, -0.2) is 9.59 Å². The maximum atomic E-state index is 11.9. The number of hydrogen-bond acceptors (Lipinski definition) is 7. The molecule has 0 aromatic carbocycles. The molecule has 0 fully saturated rings. The summed E-state index contributed by atoms with van der Waals surface area (Å²) in [6.07, 6.45) is -0.0205. The van der Waals surface area contributed by atoms with E-state index >= 15 is 0 Å². The molecule has 0 unspecified atom stereocenters. The Labute approximate surface area is 131 Å². The zero-order valence-corrected chi connectivity index (χ0v) is 14.7. The molecule has 1 N–H and O–H groups in total. The van der Waals surface area contributed by atoms with Crippen molar-refractivity contribution in [3.63, 3.8) is 0 Å². The Morgan fingerprint density at radius 1 is 1.14 bits per heavy atom. The molecule has 0 rings (SSSR count). The summed E-state index contributed by atoms with van der Waals surface area (Å²) in [5, 5.41) is 2.24. The third kappa shape index (κ3) is 11.3. The molecular weight excluding hydrogens is 314 g/mol. The van der Waals surface area contributed by atoms with Crippen molar-refractivity contribution in [2.24, 2.45) is 5.92 Å². The van der Waals surface area contributed by atoms with Crippen molar-refractivity contribution in [3.8, 4) is 0 Å². The van der Waals surface area contributed by atoms with Gasteiger partial charge in [-0.15, -0.1) is 0 Å². The van der Waals surface area contributed by atoms with Crippen LogP contribution in [0.4, 0.5) is 4.79 Å². The first-order chi connectivity index (χ1) is 9.80. The number of carbonyl (C=O) groups excluding carboxylic acids is 2. The summed E-state index contributed by atoms with van der Waals surface area (Å²) in [5.74, 6) is -0.690. The van der Waals surface area contributed by atoms with Crippen LogP contribution in [-0.4, -0.2) is 51.6 Å². The van der Waals surface area contributed by atoms with Gasteiger partial charge >= 0.3 is 12.1 Å². The fourth-order valence-electron chi connectivity index (χ4n) is 1.16. The van der Waals surface area contributed by atoms with E-state index in [1.54, 1.807) is 20.8 Å². The maximum absolute atomic E-state index is 11.9. The molecule has 1 atom stereocenters. The lowest BCUT2D eigenvalue weighted by atomic mass is 10.2. The normalized spacial score (nSPS) is 13.6. The molecule has 0 radical (unpaired) electrons. The molecular formula is C13H25NO7S. The predicted molar refractivity (Wildman–Crippen MR) is 79.8 cm³/mol. The van der Waals surface area contributed by atoms with Gasteiger partial charge in [0.2, 0.25) is 0 Å². The highest BCUT2D eigenvalue weighted by Crippen LogP contribution is 2.07. The standard InChI is InChI=1S/C13H25NO7S/c1-9(2)7-19-11(15)10(8-20-22(6,17)18)14-12(16)21-13(3,4)5/h9-10H,7-8H2,1-6H3,(H,14,16)/t10-/m0/s1. The average Bonchev–Trinajstić information content (AvgIpc) is 2.27. The minimum Gasteiger partial charge on any atom is -0.464 e. The third-order valence-electron chi connectivity index (χ3n) is 1.98. The molecule has 0 heterocycles. The van der Waals surface area contributed by atoms with Gasteiger partial charge in [-0.2, -0.15) is 8.42 Å². The van der Waals surface area contributed by atoms with Crippen LogP contribution in [-0.2, 0) is 28.6 Å². The summed E-state index contributed by atoms with van der Waals surface area (Å²) in [7, 11) is -3.75. The summed E-state index contributed by atoms with van der Waals surface area (Å²) >= 11 is 0. The fourth-order valence-corrected chi connectivity index (χ4v) is 1.54. The van der Waals surface area contributed by atoms with Crippen molar-refractivity contribution in [1.82, 2.24) is 5.32 Å². The molecule has 0 aliphatic rings. The second-order valence-corrected chi connectivity index (χ2v) is 7.86. The topological polar surface area (TPSA) is 108 Å². The van der Waals surface area contributed by atoms with E-state index in [0.717, 1.165) is 6.26 Å². The molecule has 9 heteroatoms. The van der Waals surface area contributed by atoms with E-state index in [1.807, 2.05) is 13.8 Å². The van der Waals surface area contributed by atoms with E-state index in [2.05, 4.69) is 9.50 Å². The lowest BCUT2D eigenvalue weighted by Gasteiger charge is -2.22. The smallest absolute Gasteiger partial charge is 0.408 e. The highest BCUT2D eigenvalue weighted by molar-refractivity contribution is 7.85. The fraction of sp³-hybridized carbons (Fsp3) is 0.846. The Balaban J connectivity index is 4.77. The van der Waals surface area contributed by atoms with Gasteiger partial charge in [-0.1, -0.05) is 13.8 Å². The van der Waals surface area contributed by atoms with Gasteiger partial charge in [0, 0.05) is 0 Å². The number of hydrogen-bond donors (Lipinski definition) is 1. The molecule has 1 amide bonds. The maximum Gasteiger partial charge on any atom is 0.408 e.